The minimum absolute atomic E-state index is 0.110. The van der Waals surface area contributed by atoms with E-state index in [9.17, 15) is 24.6 Å². The maximum absolute atomic E-state index is 12.8. The van der Waals surface area contributed by atoms with Gasteiger partial charge in [0.1, 0.15) is 23.9 Å². The lowest BCUT2D eigenvalue weighted by Gasteiger charge is -2.31. The van der Waals surface area contributed by atoms with Crippen molar-refractivity contribution in [2.75, 3.05) is 24.3 Å². The predicted molar refractivity (Wildman–Crippen MR) is 123 cm³/mol. The fraction of sp³-hybridized carbons (Fsp3) is 0.375. The van der Waals surface area contributed by atoms with Gasteiger partial charge in [0.05, 0.1) is 0 Å². The van der Waals surface area contributed by atoms with Crippen LogP contribution in [0.4, 0.5) is 5.13 Å². The highest BCUT2D eigenvalue weighted by Crippen LogP contribution is 2.29. The molecule has 0 fully saturated rings. The van der Waals surface area contributed by atoms with Crippen LogP contribution >= 0.6 is 34.9 Å². The number of aryl methyl sites for hydroxylation is 1. The van der Waals surface area contributed by atoms with Gasteiger partial charge >= 0.3 is 11.9 Å². The number of thiazole rings is 1. The van der Waals surface area contributed by atoms with E-state index in [-0.39, 0.29) is 33.7 Å². The van der Waals surface area contributed by atoms with Crippen molar-refractivity contribution in [3.63, 3.8) is 0 Å². The highest BCUT2D eigenvalue weighted by Gasteiger charge is 2.37. The minimum atomic E-state index is -1.50. The van der Waals surface area contributed by atoms with Crippen LogP contribution < -0.4 is 16.4 Å². The van der Waals surface area contributed by atoms with E-state index in [2.05, 4.69) is 41.1 Å². The molecule has 182 valence electrons. The number of oxime groups is 1. The maximum atomic E-state index is 12.8. The molecule has 0 aliphatic carbocycles. The van der Waals surface area contributed by atoms with Crippen molar-refractivity contribution < 1.29 is 29.4 Å². The number of anilines is 1. The molecule has 15 nitrogen and oxygen atoms in total. The van der Waals surface area contributed by atoms with Gasteiger partial charge in [-0.2, -0.15) is 0 Å². The van der Waals surface area contributed by atoms with Crippen LogP contribution in [0.1, 0.15) is 5.69 Å². The fourth-order valence-electron chi connectivity index (χ4n) is 2.72. The summed E-state index contributed by atoms with van der Waals surface area (Å²) in [5.41, 5.74) is 5.81. The van der Waals surface area contributed by atoms with E-state index in [0.717, 1.165) is 23.1 Å². The zero-order valence-corrected chi connectivity index (χ0v) is 20.1. The quantitative estimate of drug-likeness (QED) is 0.141. The van der Waals surface area contributed by atoms with E-state index in [4.69, 9.17) is 5.73 Å². The number of aromatic nitrogens is 5. The Kier molecular flexibility index (Phi) is 8.29. The largest absolute Gasteiger partial charge is 0.480 e. The van der Waals surface area contributed by atoms with Gasteiger partial charge in [-0.1, -0.05) is 16.9 Å². The molecule has 2 atom stereocenters. The summed E-state index contributed by atoms with van der Waals surface area (Å²) in [6, 6.07) is -1.50. The van der Waals surface area contributed by atoms with Crippen molar-refractivity contribution in [1.82, 2.24) is 35.8 Å². The van der Waals surface area contributed by atoms with Crippen LogP contribution in [0, 0.1) is 0 Å². The average molecular weight is 530 g/mol. The third-order valence-corrected chi connectivity index (χ3v) is 7.30. The second-order valence-corrected chi connectivity index (χ2v) is 9.48. The number of carbonyl (C=O) groups is 3. The predicted octanol–water partition coefficient (Wildman–Crippen LogP) is -1.04. The van der Waals surface area contributed by atoms with Gasteiger partial charge in [-0.05, 0) is 16.0 Å². The molecular formula is C16H19N9O6S3. The van der Waals surface area contributed by atoms with Gasteiger partial charge in [0, 0.05) is 23.9 Å². The zero-order chi connectivity index (χ0) is 24.8. The highest BCUT2D eigenvalue weighted by molar-refractivity contribution is 8.00. The molecule has 3 rings (SSSR count). The molecule has 1 amide bonds. The van der Waals surface area contributed by atoms with Crippen molar-refractivity contribution in [3.8, 4) is 0 Å². The number of hydrogen-bond acceptors (Lipinski definition) is 14. The van der Waals surface area contributed by atoms with Crippen molar-refractivity contribution >= 4 is 63.5 Å². The number of carboxylic acids is 2. The first-order chi connectivity index (χ1) is 16.2. The SMILES string of the molecule is CO/N=C(\C(=O)N[C@H](C(=O)O)[C@@H]1NC(C(=O)O)=C(CSc2nnnn2C)CS1)c1csc(N)n1. The van der Waals surface area contributed by atoms with Crippen LogP contribution in [-0.2, 0) is 26.3 Å². The molecule has 18 heteroatoms. The third kappa shape index (κ3) is 5.94. The number of hydrogen-bond donors (Lipinski definition) is 5. The fourth-order valence-corrected chi connectivity index (χ4v) is 5.47. The average Bonchev–Trinajstić information content (AvgIpc) is 3.41. The molecule has 0 aromatic carbocycles. The number of nitrogens with one attached hydrogen (secondary N) is 2. The van der Waals surface area contributed by atoms with Crippen molar-refractivity contribution in [2.24, 2.45) is 12.2 Å². The number of aliphatic carboxylic acids is 2. The first-order valence-corrected chi connectivity index (χ1v) is 12.2. The standard InChI is InChI=1S/C16H19N9O6S3/c1-25-16(21-23-24-25)34-4-6-3-32-12(20-8(6)13(27)28)10(14(29)30)19-11(26)9(22-31-2)7-5-33-15(17)18-7/h5,10,12,20H,3-4H2,1-2H3,(H2,17,18)(H,19,26)(H,27,28)(H,29,30)/b22-9-/t10-,12+/m0/s1. The summed E-state index contributed by atoms with van der Waals surface area (Å²) in [7, 11) is 2.87. The number of nitrogen functional groups attached to an aromatic ring is 1. The second-order valence-electron chi connectivity index (χ2n) is 6.52. The molecule has 34 heavy (non-hydrogen) atoms. The minimum Gasteiger partial charge on any atom is -0.480 e. The van der Waals surface area contributed by atoms with Crippen LogP contribution in [-0.4, -0.2) is 89.0 Å². The molecule has 1 aliphatic rings. The summed E-state index contributed by atoms with van der Waals surface area (Å²) >= 11 is 3.44. The number of thioether (sulfide) groups is 2. The topological polar surface area (TPSA) is 220 Å². The lowest BCUT2D eigenvalue weighted by atomic mass is 10.2. The van der Waals surface area contributed by atoms with Crippen molar-refractivity contribution in [2.45, 2.75) is 16.6 Å². The van der Waals surface area contributed by atoms with Gasteiger partial charge in [0.25, 0.3) is 5.91 Å². The lowest BCUT2D eigenvalue weighted by molar-refractivity contribution is -0.141. The maximum Gasteiger partial charge on any atom is 0.352 e. The summed E-state index contributed by atoms with van der Waals surface area (Å²) in [6.07, 6.45) is 0. The van der Waals surface area contributed by atoms with Gasteiger partial charge in [0.2, 0.25) is 5.16 Å². The van der Waals surface area contributed by atoms with Crippen molar-refractivity contribution in [3.05, 3.63) is 22.3 Å². The second kappa shape index (κ2) is 11.2. The first kappa shape index (κ1) is 25.2. The Morgan fingerprint density at radius 1 is 1.47 bits per heavy atom. The molecule has 2 aromatic heterocycles. The molecule has 0 bridgehead atoms. The number of tetrazole rings is 1. The summed E-state index contributed by atoms with van der Waals surface area (Å²) in [4.78, 5) is 45.3. The summed E-state index contributed by atoms with van der Waals surface area (Å²) in [5.74, 6) is -3.03. The van der Waals surface area contributed by atoms with Crippen LogP contribution in [0.15, 0.2) is 27.0 Å². The van der Waals surface area contributed by atoms with Gasteiger partial charge in [0.15, 0.2) is 16.9 Å². The number of nitrogens with zero attached hydrogens (tertiary/aromatic N) is 6. The van der Waals surface area contributed by atoms with E-state index in [1.807, 2.05) is 0 Å². The molecule has 0 spiro atoms. The number of nitrogens with two attached hydrogens (primary N) is 1. The van der Waals surface area contributed by atoms with Crippen LogP contribution in [0.25, 0.3) is 0 Å². The number of amides is 1. The molecule has 1 aliphatic heterocycles. The van der Waals surface area contributed by atoms with Gasteiger partial charge in [-0.15, -0.1) is 28.2 Å². The van der Waals surface area contributed by atoms with E-state index >= 15 is 0 Å². The summed E-state index contributed by atoms with van der Waals surface area (Å²) in [5, 5.41) is 40.4. The Bertz CT molecular complexity index is 1150. The first-order valence-electron chi connectivity index (χ1n) is 9.26. The smallest absolute Gasteiger partial charge is 0.352 e. The Balaban J connectivity index is 1.77. The summed E-state index contributed by atoms with van der Waals surface area (Å²) in [6.45, 7) is 0. The molecular weight excluding hydrogens is 510 g/mol. The number of carboxylic acid groups (broad SMARTS) is 2. The Morgan fingerprint density at radius 2 is 2.24 bits per heavy atom. The van der Waals surface area contributed by atoms with Crippen LogP contribution in [0.3, 0.4) is 0 Å². The molecule has 0 saturated heterocycles. The zero-order valence-electron chi connectivity index (χ0n) is 17.7. The molecule has 2 aromatic rings. The van der Waals surface area contributed by atoms with E-state index < -0.39 is 29.3 Å². The molecule has 6 N–H and O–H groups in total. The molecule has 3 heterocycles. The van der Waals surface area contributed by atoms with Gasteiger partial charge < -0.3 is 31.4 Å². The van der Waals surface area contributed by atoms with Crippen LogP contribution in [0.5, 0.6) is 0 Å². The summed E-state index contributed by atoms with van der Waals surface area (Å²) < 4.78 is 1.45. The number of carbonyl (C=O) groups excluding carboxylic acids is 1. The Labute approximate surface area is 204 Å². The van der Waals surface area contributed by atoms with Gasteiger partial charge in [-0.25, -0.2) is 19.3 Å². The monoisotopic (exact) mass is 529 g/mol. The molecule has 0 saturated carbocycles. The third-order valence-electron chi connectivity index (χ3n) is 4.27. The van der Waals surface area contributed by atoms with Gasteiger partial charge in [-0.3, -0.25) is 4.79 Å². The molecule has 0 unspecified atom stereocenters. The van der Waals surface area contributed by atoms with E-state index in [1.165, 1.54) is 28.9 Å². The van der Waals surface area contributed by atoms with E-state index in [1.54, 1.807) is 7.05 Å². The molecule has 0 radical (unpaired) electrons. The number of rotatable bonds is 10. The van der Waals surface area contributed by atoms with Crippen molar-refractivity contribution in [1.29, 1.82) is 0 Å². The van der Waals surface area contributed by atoms with Crippen LogP contribution in [0.2, 0.25) is 0 Å². The van der Waals surface area contributed by atoms with E-state index in [0.29, 0.717) is 10.7 Å². The highest BCUT2D eigenvalue weighted by atomic mass is 32.2. The Hall–Kier alpha value is -3.38. The lowest BCUT2D eigenvalue weighted by Crippen LogP contribution is -2.56. The normalized spacial score (nSPS) is 17.1. The Morgan fingerprint density at radius 3 is 2.79 bits per heavy atom.